The van der Waals surface area contributed by atoms with Crippen LogP contribution in [0.3, 0.4) is 0 Å². The van der Waals surface area contributed by atoms with E-state index in [1.165, 1.54) is 5.57 Å². The zero-order valence-electron chi connectivity index (χ0n) is 5.25. The molecular weight excluding hydrogens is 254 g/mol. The van der Waals surface area contributed by atoms with Gasteiger partial charge >= 0.3 is 33.1 Å². The summed E-state index contributed by atoms with van der Waals surface area (Å²) < 4.78 is 0. The fraction of sp³-hybridized carbons (Fsp3) is 0.500. The summed E-state index contributed by atoms with van der Waals surface area (Å²) in [6, 6.07) is 0. The fourth-order valence-corrected chi connectivity index (χ4v) is 0.289. The summed E-state index contributed by atoms with van der Waals surface area (Å²) in [7, 11) is 0. The van der Waals surface area contributed by atoms with Crippen LogP contribution in [0.15, 0.2) is 11.6 Å². The average Bonchev–Trinajstić information content (AvgIpc) is 1.72. The Balaban J connectivity index is 0. The molecule has 2 heteroatoms. The van der Waals surface area contributed by atoms with Gasteiger partial charge in [0.05, 0.1) is 0 Å². The van der Waals surface area contributed by atoms with Crippen LogP contribution < -0.4 is 0 Å². The molecule has 0 aromatic carbocycles. The Kier molecular flexibility index (Phi) is 16.0. The maximum atomic E-state index is 3.65. The Bertz CT molecular complexity index is 55.5. The standard InChI is InChI=1S/C6H11.HI.Mn/c1-4-5-6(2)3;;/h5H,1,4H2,2-3H3;1H;/q-1;;+2/p-1. The van der Waals surface area contributed by atoms with E-state index in [9.17, 15) is 0 Å². The molecule has 0 N–H and O–H groups in total. The van der Waals surface area contributed by atoms with E-state index < -0.39 is 0 Å². The summed E-state index contributed by atoms with van der Waals surface area (Å²) in [6.45, 7) is 7.80. The van der Waals surface area contributed by atoms with Crippen LogP contribution in [0, 0.1) is 6.92 Å². The van der Waals surface area contributed by atoms with Crippen molar-refractivity contribution in [1.29, 1.82) is 0 Å². The zero-order chi connectivity index (χ0) is 6.99. The molecule has 0 saturated carbocycles. The van der Waals surface area contributed by atoms with Crippen molar-refractivity contribution >= 4 is 20.3 Å². The van der Waals surface area contributed by atoms with E-state index in [-0.39, 0.29) is 0 Å². The average molecular weight is 265 g/mol. The topological polar surface area (TPSA) is 0 Å². The van der Waals surface area contributed by atoms with Crippen LogP contribution in [-0.4, -0.2) is 0 Å². The third-order valence-electron chi connectivity index (χ3n) is 0.553. The van der Waals surface area contributed by atoms with Gasteiger partial charge in [0.25, 0.3) is 0 Å². The molecule has 8 heavy (non-hydrogen) atoms. The fourth-order valence-electron chi connectivity index (χ4n) is 0.289. The van der Waals surface area contributed by atoms with Gasteiger partial charge in [-0.1, -0.05) is 5.57 Å². The third kappa shape index (κ3) is 15.8. The predicted octanol–water partition coefficient (Wildman–Crippen LogP) is 3.06. The van der Waals surface area contributed by atoms with Crippen molar-refractivity contribution in [1.82, 2.24) is 0 Å². The summed E-state index contributed by atoms with van der Waals surface area (Å²) in [5, 5.41) is 0. The van der Waals surface area contributed by atoms with E-state index in [0.29, 0.717) is 0 Å². The first-order valence-electron chi connectivity index (χ1n) is 2.34. The van der Waals surface area contributed by atoms with Gasteiger partial charge in [-0.25, -0.2) is 0 Å². The zero-order valence-corrected chi connectivity index (χ0v) is 8.59. The van der Waals surface area contributed by atoms with Gasteiger partial charge in [0.15, 0.2) is 0 Å². The van der Waals surface area contributed by atoms with Crippen LogP contribution in [0.2, 0.25) is 0 Å². The molecule has 0 saturated heterocycles. The van der Waals surface area contributed by atoms with Crippen LogP contribution in [0.5, 0.6) is 0 Å². The molecule has 0 aromatic rings. The normalized spacial score (nSPS) is 6.50. The first kappa shape index (κ1) is 11.7. The minimum absolute atomic E-state index is 0.919. The molecular formula is C6H11IMn. The Morgan fingerprint density at radius 3 is 2.00 bits per heavy atom. The first-order chi connectivity index (χ1) is 3.77. The van der Waals surface area contributed by atoms with Gasteiger partial charge in [-0.2, -0.15) is 6.42 Å². The molecule has 0 heterocycles. The van der Waals surface area contributed by atoms with Gasteiger partial charge in [-0.05, 0) is 13.8 Å². The molecule has 0 fully saturated rings. The number of allylic oxidation sites excluding steroid dienone is 2. The van der Waals surface area contributed by atoms with E-state index in [1.54, 1.807) is 0 Å². The van der Waals surface area contributed by atoms with Gasteiger partial charge in [0.2, 0.25) is 0 Å². The van der Waals surface area contributed by atoms with Crippen LogP contribution in [0.4, 0.5) is 0 Å². The molecule has 0 aromatic heterocycles. The van der Waals surface area contributed by atoms with Crippen LogP contribution >= 0.6 is 20.3 Å². The van der Waals surface area contributed by atoms with Crippen molar-refractivity contribution in [3.63, 3.8) is 0 Å². The van der Waals surface area contributed by atoms with Gasteiger partial charge < -0.3 is 6.92 Å². The van der Waals surface area contributed by atoms with E-state index in [0.717, 1.165) is 6.42 Å². The molecule has 0 rings (SSSR count). The SMILES string of the molecule is [CH2-]CC=C(C)C.[Mn+][I]. The van der Waals surface area contributed by atoms with E-state index in [2.05, 4.69) is 39.6 Å². The van der Waals surface area contributed by atoms with Crippen molar-refractivity contribution < 1.29 is 12.8 Å². The Morgan fingerprint density at radius 1 is 1.62 bits per heavy atom. The second kappa shape index (κ2) is 10.9. The molecule has 0 spiro atoms. The van der Waals surface area contributed by atoms with E-state index in [1.807, 2.05) is 20.3 Å². The number of halogens is 1. The van der Waals surface area contributed by atoms with Crippen molar-refractivity contribution in [2.45, 2.75) is 20.3 Å². The van der Waals surface area contributed by atoms with Crippen molar-refractivity contribution in [3.05, 3.63) is 18.6 Å². The summed E-state index contributed by atoms with van der Waals surface area (Å²) in [5.41, 5.74) is 1.35. The Labute approximate surface area is 71.7 Å². The summed E-state index contributed by atoms with van der Waals surface area (Å²) in [5.74, 6) is 0. The van der Waals surface area contributed by atoms with Crippen LogP contribution in [0.1, 0.15) is 20.3 Å². The molecule has 0 aliphatic rings. The monoisotopic (exact) mass is 265 g/mol. The molecule has 49 valence electrons. The third-order valence-corrected chi connectivity index (χ3v) is 0.553. The van der Waals surface area contributed by atoms with Crippen molar-refractivity contribution in [2.75, 3.05) is 0 Å². The molecule has 0 aliphatic carbocycles. The van der Waals surface area contributed by atoms with Gasteiger partial charge in [-0.15, -0.1) is 6.08 Å². The van der Waals surface area contributed by atoms with E-state index >= 15 is 0 Å². The Morgan fingerprint density at radius 2 is 2.00 bits per heavy atom. The molecule has 0 nitrogen and oxygen atoms in total. The first-order valence-corrected chi connectivity index (χ1v) is 6.15. The maximum absolute atomic E-state index is 3.65. The molecule has 0 aliphatic heterocycles. The van der Waals surface area contributed by atoms with Crippen LogP contribution in [-0.2, 0) is 12.8 Å². The number of rotatable bonds is 1. The number of hydrogen-bond donors (Lipinski definition) is 0. The van der Waals surface area contributed by atoms with Gasteiger partial charge in [0, 0.05) is 0 Å². The molecule has 0 bridgehead atoms. The molecule has 0 radical (unpaired) electrons. The number of hydrogen-bond acceptors (Lipinski definition) is 0. The van der Waals surface area contributed by atoms with Gasteiger partial charge in [0.1, 0.15) is 0 Å². The quantitative estimate of drug-likeness (QED) is 0.296. The van der Waals surface area contributed by atoms with Crippen molar-refractivity contribution in [3.8, 4) is 0 Å². The second-order valence-corrected chi connectivity index (χ2v) is 1.57. The Hall–Kier alpha value is 0.989. The molecule has 0 amide bonds. The summed E-state index contributed by atoms with van der Waals surface area (Å²) in [6.07, 6.45) is 3.02. The summed E-state index contributed by atoms with van der Waals surface area (Å²) >= 11 is 4.87. The molecule has 0 unspecified atom stereocenters. The summed E-state index contributed by atoms with van der Waals surface area (Å²) in [4.78, 5) is 0. The van der Waals surface area contributed by atoms with Crippen LogP contribution in [0.25, 0.3) is 0 Å². The predicted molar refractivity (Wildman–Crippen MR) is 43.4 cm³/mol. The van der Waals surface area contributed by atoms with Gasteiger partial charge in [-0.3, -0.25) is 0 Å². The second-order valence-electron chi connectivity index (χ2n) is 1.57. The minimum atomic E-state index is 0.919. The van der Waals surface area contributed by atoms with E-state index in [4.69, 9.17) is 0 Å². The van der Waals surface area contributed by atoms with Crippen molar-refractivity contribution in [2.24, 2.45) is 0 Å². The molecule has 0 atom stereocenters.